The number of benzene rings is 2. The van der Waals surface area contributed by atoms with Crippen LogP contribution in [0.15, 0.2) is 48.5 Å². The Balaban J connectivity index is 1.51. The number of hydrogen-bond acceptors (Lipinski definition) is 4. The Morgan fingerprint density at radius 2 is 1.88 bits per heavy atom. The number of likely N-dealkylation sites (tertiary alicyclic amines) is 1. The molecule has 5 rings (SSSR count). The summed E-state index contributed by atoms with van der Waals surface area (Å²) < 4.78 is 0. The van der Waals surface area contributed by atoms with Crippen molar-refractivity contribution in [2.45, 2.75) is 57.2 Å². The van der Waals surface area contributed by atoms with Gasteiger partial charge in [-0.25, -0.2) is 0 Å². The molecule has 1 saturated heterocycles. The topological polar surface area (TPSA) is 93.5 Å². The van der Waals surface area contributed by atoms with E-state index in [2.05, 4.69) is 11.4 Å². The van der Waals surface area contributed by atoms with Gasteiger partial charge >= 0.3 is 0 Å². The highest BCUT2D eigenvalue weighted by Crippen LogP contribution is 2.47. The van der Waals surface area contributed by atoms with Crippen molar-refractivity contribution in [2.24, 2.45) is 5.92 Å². The van der Waals surface area contributed by atoms with E-state index in [1.165, 1.54) is 4.90 Å². The predicted octanol–water partition coefficient (Wildman–Crippen LogP) is 3.63. The minimum absolute atomic E-state index is 0.130. The van der Waals surface area contributed by atoms with Crippen LogP contribution in [0.1, 0.15) is 61.1 Å². The third kappa shape index (κ3) is 3.12. The molecule has 1 unspecified atom stereocenters. The van der Waals surface area contributed by atoms with Crippen molar-refractivity contribution in [1.82, 2.24) is 9.80 Å². The Bertz CT molecular complexity index is 1230. The van der Waals surface area contributed by atoms with Crippen LogP contribution in [0.25, 0.3) is 0 Å². The summed E-state index contributed by atoms with van der Waals surface area (Å²) in [6.45, 7) is 6.11. The monoisotopic (exact) mass is 456 g/mol. The van der Waals surface area contributed by atoms with Gasteiger partial charge in [-0.05, 0) is 42.5 Å². The molecule has 0 aromatic heterocycles. The molecule has 3 heterocycles. The maximum absolute atomic E-state index is 14.1. The number of para-hydroxylation sites is 1. The molecule has 0 bridgehead atoms. The third-order valence-electron chi connectivity index (χ3n) is 7.52. The van der Waals surface area contributed by atoms with Gasteiger partial charge in [-0.15, -0.1) is 0 Å². The van der Waals surface area contributed by atoms with E-state index < -0.39 is 17.5 Å². The quantitative estimate of drug-likeness (QED) is 0.760. The second-order valence-corrected chi connectivity index (χ2v) is 10.0. The molecule has 3 aliphatic rings. The predicted molar refractivity (Wildman–Crippen MR) is 127 cm³/mol. The first kappa shape index (κ1) is 22.1. The first-order chi connectivity index (χ1) is 16.3. The average molecular weight is 457 g/mol. The van der Waals surface area contributed by atoms with Gasteiger partial charge in [-0.1, -0.05) is 50.2 Å². The number of anilines is 1. The van der Waals surface area contributed by atoms with Crippen molar-refractivity contribution in [3.8, 4) is 6.07 Å². The van der Waals surface area contributed by atoms with Crippen LogP contribution >= 0.6 is 0 Å². The molecule has 34 heavy (non-hydrogen) atoms. The van der Waals surface area contributed by atoms with Crippen molar-refractivity contribution >= 4 is 23.4 Å². The molecular formula is C27H28N4O3. The van der Waals surface area contributed by atoms with E-state index in [9.17, 15) is 19.6 Å². The molecule has 0 radical (unpaired) electrons. The molecule has 3 amide bonds. The van der Waals surface area contributed by atoms with Crippen molar-refractivity contribution in [1.29, 1.82) is 5.26 Å². The number of nitrogens with one attached hydrogen (secondary N) is 1. The number of carbonyl (C=O) groups excluding carboxylic acids is 3. The van der Waals surface area contributed by atoms with E-state index in [0.29, 0.717) is 12.0 Å². The Labute approximate surface area is 199 Å². The van der Waals surface area contributed by atoms with Gasteiger partial charge in [0.1, 0.15) is 12.1 Å². The summed E-state index contributed by atoms with van der Waals surface area (Å²) in [5.74, 6) is -0.441. The standard InChI is InChI=1S/C27H28N4O3/c1-16(2)12-23(31-17(3)19-8-4-5-9-20(19)24(31)32)25(33)30-15-27(13-18(30)14-28)21-10-6-7-11-22(21)29-26(27)34/h4-11,16-18,23H,12-13,15H2,1-3H3,(H,29,34)/t17-,18-,23?,27-/m0/s1. The number of hydrogen-bond donors (Lipinski definition) is 1. The summed E-state index contributed by atoms with van der Waals surface area (Å²) in [6.07, 6.45) is 0.726. The van der Waals surface area contributed by atoms with Gasteiger partial charge in [0.05, 0.1) is 17.5 Å². The maximum atomic E-state index is 14.1. The highest BCUT2D eigenvalue weighted by Gasteiger charge is 2.57. The molecule has 0 aliphatic carbocycles. The summed E-state index contributed by atoms with van der Waals surface area (Å²) in [5.41, 5.74) is 2.15. The van der Waals surface area contributed by atoms with E-state index in [0.717, 1.165) is 16.8 Å². The SMILES string of the molecule is CC(C)CC(C(=O)N1C[C@]2(C[C@H]1C#N)C(=O)Nc1ccccc12)N1C(=O)c2ccccc2[C@@H]1C. The van der Waals surface area contributed by atoms with Gasteiger partial charge in [0, 0.05) is 24.2 Å². The maximum Gasteiger partial charge on any atom is 0.255 e. The molecular weight excluding hydrogens is 428 g/mol. The van der Waals surface area contributed by atoms with Gasteiger partial charge < -0.3 is 15.1 Å². The zero-order chi connectivity index (χ0) is 24.2. The van der Waals surface area contributed by atoms with Gasteiger partial charge in [0.15, 0.2) is 0 Å². The zero-order valence-corrected chi connectivity index (χ0v) is 19.6. The number of amides is 3. The van der Waals surface area contributed by atoms with Crippen molar-refractivity contribution in [2.75, 3.05) is 11.9 Å². The molecule has 7 nitrogen and oxygen atoms in total. The number of nitriles is 1. The molecule has 1 N–H and O–H groups in total. The third-order valence-corrected chi connectivity index (χ3v) is 7.52. The lowest BCUT2D eigenvalue weighted by atomic mass is 9.80. The van der Waals surface area contributed by atoms with Crippen LogP contribution in [0.3, 0.4) is 0 Å². The fourth-order valence-electron chi connectivity index (χ4n) is 5.89. The second-order valence-electron chi connectivity index (χ2n) is 10.0. The summed E-state index contributed by atoms with van der Waals surface area (Å²) in [7, 11) is 0. The Hall–Kier alpha value is -3.66. The zero-order valence-electron chi connectivity index (χ0n) is 19.6. The lowest BCUT2D eigenvalue weighted by Crippen LogP contribution is -2.52. The number of nitrogens with zero attached hydrogens (tertiary/aromatic N) is 3. The molecule has 0 saturated carbocycles. The largest absolute Gasteiger partial charge is 0.325 e. The van der Waals surface area contributed by atoms with Crippen LogP contribution in [0.4, 0.5) is 5.69 Å². The lowest BCUT2D eigenvalue weighted by molar-refractivity contribution is -0.137. The normalized spacial score (nSPS) is 26.0. The van der Waals surface area contributed by atoms with Crippen molar-refractivity contribution < 1.29 is 14.4 Å². The smallest absolute Gasteiger partial charge is 0.255 e. The van der Waals surface area contributed by atoms with Crippen LogP contribution in [-0.4, -0.2) is 46.1 Å². The van der Waals surface area contributed by atoms with Gasteiger partial charge in [-0.2, -0.15) is 5.26 Å². The summed E-state index contributed by atoms with van der Waals surface area (Å²) in [5, 5.41) is 12.9. The van der Waals surface area contributed by atoms with Gasteiger partial charge in [0.2, 0.25) is 11.8 Å². The molecule has 174 valence electrons. The van der Waals surface area contributed by atoms with E-state index in [4.69, 9.17) is 0 Å². The summed E-state index contributed by atoms with van der Waals surface area (Å²) in [6, 6.07) is 15.5. The van der Waals surface area contributed by atoms with Crippen LogP contribution in [0.2, 0.25) is 0 Å². The van der Waals surface area contributed by atoms with Gasteiger partial charge in [-0.3, -0.25) is 14.4 Å². The first-order valence-electron chi connectivity index (χ1n) is 11.8. The fraction of sp³-hybridized carbons (Fsp3) is 0.407. The van der Waals surface area contributed by atoms with Crippen molar-refractivity contribution in [3.63, 3.8) is 0 Å². The molecule has 3 aliphatic heterocycles. The second kappa shape index (κ2) is 7.98. The number of rotatable bonds is 4. The van der Waals surface area contributed by atoms with E-state index in [1.54, 1.807) is 11.0 Å². The van der Waals surface area contributed by atoms with Gasteiger partial charge in [0.25, 0.3) is 5.91 Å². The van der Waals surface area contributed by atoms with Crippen LogP contribution in [0, 0.1) is 17.2 Å². The van der Waals surface area contributed by atoms with E-state index in [1.807, 2.05) is 63.2 Å². The molecule has 1 fully saturated rings. The van der Waals surface area contributed by atoms with Crippen LogP contribution in [0.5, 0.6) is 0 Å². The average Bonchev–Trinajstić information content (AvgIpc) is 3.43. The first-order valence-corrected chi connectivity index (χ1v) is 11.8. The minimum atomic E-state index is -0.946. The lowest BCUT2D eigenvalue weighted by Gasteiger charge is -2.35. The van der Waals surface area contributed by atoms with E-state index >= 15 is 0 Å². The van der Waals surface area contributed by atoms with Crippen LogP contribution in [-0.2, 0) is 15.0 Å². The van der Waals surface area contributed by atoms with Crippen molar-refractivity contribution in [3.05, 3.63) is 65.2 Å². The fourth-order valence-corrected chi connectivity index (χ4v) is 5.89. The molecule has 4 atom stereocenters. The molecule has 2 aromatic rings. The Morgan fingerprint density at radius 3 is 2.59 bits per heavy atom. The highest BCUT2D eigenvalue weighted by molar-refractivity contribution is 6.07. The minimum Gasteiger partial charge on any atom is -0.325 e. The summed E-state index contributed by atoms with van der Waals surface area (Å²) >= 11 is 0. The number of fused-ring (bicyclic) bond motifs is 3. The molecule has 1 spiro atoms. The molecule has 2 aromatic carbocycles. The molecule has 7 heteroatoms. The Kier molecular flexibility index (Phi) is 5.20. The number of carbonyl (C=O) groups is 3. The summed E-state index contributed by atoms with van der Waals surface area (Å²) in [4.78, 5) is 43.8. The highest BCUT2D eigenvalue weighted by atomic mass is 16.2. The van der Waals surface area contributed by atoms with E-state index in [-0.39, 0.29) is 42.6 Å². The Morgan fingerprint density at radius 1 is 1.18 bits per heavy atom. The van der Waals surface area contributed by atoms with Crippen LogP contribution < -0.4 is 5.32 Å².